The van der Waals surface area contributed by atoms with Crippen LogP contribution in [-0.4, -0.2) is 23.3 Å². The Bertz CT molecular complexity index is 858. The Kier molecular flexibility index (Phi) is 5.60. The first-order valence-corrected chi connectivity index (χ1v) is 9.19. The number of carbonyl (C=O) groups is 2. The van der Waals surface area contributed by atoms with Crippen molar-refractivity contribution < 1.29 is 9.59 Å². The van der Waals surface area contributed by atoms with E-state index in [1.807, 2.05) is 73.5 Å². The zero-order valence-electron chi connectivity index (χ0n) is 16.0. The normalized spacial score (nSPS) is 15.2. The van der Waals surface area contributed by atoms with E-state index < -0.39 is 0 Å². The van der Waals surface area contributed by atoms with Gasteiger partial charge in [-0.25, -0.2) is 0 Å². The topological polar surface area (TPSA) is 52.7 Å². The van der Waals surface area contributed by atoms with Gasteiger partial charge in [0.25, 0.3) is 0 Å². The van der Waals surface area contributed by atoms with Crippen molar-refractivity contribution >= 4 is 23.6 Å². The zero-order valence-corrected chi connectivity index (χ0v) is 16.0. The third-order valence-electron chi connectivity index (χ3n) is 4.77. The number of aryl methyl sites for hydroxylation is 1. The van der Waals surface area contributed by atoms with Crippen LogP contribution < -0.4 is 10.4 Å². The van der Waals surface area contributed by atoms with E-state index in [9.17, 15) is 9.59 Å². The second kappa shape index (κ2) is 8.08. The van der Waals surface area contributed by atoms with Gasteiger partial charge in [-0.3, -0.25) is 20.0 Å². The molecule has 0 saturated carbocycles. The molecule has 5 heteroatoms. The van der Waals surface area contributed by atoms with Gasteiger partial charge >= 0.3 is 0 Å². The van der Waals surface area contributed by atoms with Crippen molar-refractivity contribution in [2.45, 2.75) is 33.2 Å². The predicted molar refractivity (Wildman–Crippen MR) is 108 cm³/mol. The molecule has 1 aliphatic rings. The highest BCUT2D eigenvalue weighted by Gasteiger charge is 2.28. The van der Waals surface area contributed by atoms with Crippen LogP contribution in [0.4, 0.5) is 5.69 Å². The van der Waals surface area contributed by atoms with Crippen LogP contribution in [0, 0.1) is 6.92 Å². The molecule has 1 atom stereocenters. The van der Waals surface area contributed by atoms with Crippen LogP contribution in [-0.2, 0) is 9.59 Å². The van der Waals surface area contributed by atoms with Gasteiger partial charge in [0.1, 0.15) is 0 Å². The minimum Gasteiger partial charge on any atom is -0.311 e. The molecule has 27 heavy (non-hydrogen) atoms. The third-order valence-corrected chi connectivity index (χ3v) is 4.77. The molecule has 1 N–H and O–H groups in total. The van der Waals surface area contributed by atoms with Gasteiger partial charge in [0, 0.05) is 19.7 Å². The van der Waals surface area contributed by atoms with Gasteiger partial charge in [-0.2, -0.15) is 0 Å². The summed E-state index contributed by atoms with van der Waals surface area (Å²) >= 11 is 0. The third kappa shape index (κ3) is 4.19. The van der Waals surface area contributed by atoms with E-state index in [-0.39, 0.29) is 24.3 Å². The minimum atomic E-state index is -0.305. The number of fused-ring (bicyclic) bond motifs is 1. The van der Waals surface area contributed by atoms with E-state index in [1.54, 1.807) is 11.1 Å². The van der Waals surface area contributed by atoms with Crippen molar-refractivity contribution in [1.82, 2.24) is 10.3 Å². The van der Waals surface area contributed by atoms with Gasteiger partial charge in [0.05, 0.1) is 18.2 Å². The van der Waals surface area contributed by atoms with E-state index in [0.29, 0.717) is 6.54 Å². The molecule has 140 valence electrons. The van der Waals surface area contributed by atoms with Crippen molar-refractivity contribution in [3.63, 3.8) is 0 Å². The molecular weight excluding hydrogens is 338 g/mol. The maximum absolute atomic E-state index is 12.8. The molecule has 3 rings (SSSR count). The Hall–Kier alpha value is -3.08. The summed E-state index contributed by atoms with van der Waals surface area (Å²) in [4.78, 5) is 26.5. The summed E-state index contributed by atoms with van der Waals surface area (Å²) in [6.07, 6.45) is 3.87. The Labute approximate surface area is 160 Å². The summed E-state index contributed by atoms with van der Waals surface area (Å²) in [5, 5.41) is 1.82. The predicted octanol–water partition coefficient (Wildman–Crippen LogP) is 3.82. The van der Waals surface area contributed by atoms with Gasteiger partial charge in [-0.15, -0.1) is 0 Å². The first-order chi connectivity index (χ1) is 13.0. The van der Waals surface area contributed by atoms with Crippen molar-refractivity contribution in [1.29, 1.82) is 0 Å². The highest BCUT2D eigenvalue weighted by Crippen LogP contribution is 2.32. The number of anilines is 1. The van der Waals surface area contributed by atoms with Crippen LogP contribution in [0.1, 0.15) is 43.0 Å². The average molecular weight is 363 g/mol. The molecule has 0 saturated heterocycles. The van der Waals surface area contributed by atoms with Crippen LogP contribution in [0.2, 0.25) is 0 Å². The Morgan fingerprint density at radius 2 is 1.81 bits per heavy atom. The lowest BCUT2D eigenvalue weighted by Gasteiger charge is -2.33. The number of benzene rings is 2. The van der Waals surface area contributed by atoms with Crippen LogP contribution >= 0.6 is 0 Å². The quantitative estimate of drug-likeness (QED) is 0.822. The molecule has 1 aliphatic heterocycles. The zero-order chi connectivity index (χ0) is 19.4. The number of rotatable bonds is 5. The van der Waals surface area contributed by atoms with Crippen molar-refractivity contribution in [3.8, 4) is 0 Å². The SMILES string of the molecule is CCN(NC(=O)C[C@@H]1c2ccccc2C=CN1C(C)=O)c1ccc(C)cc1. The molecule has 0 aliphatic carbocycles. The molecule has 2 aromatic rings. The van der Waals surface area contributed by atoms with E-state index in [1.165, 1.54) is 12.5 Å². The molecule has 0 radical (unpaired) electrons. The fourth-order valence-corrected chi connectivity index (χ4v) is 3.34. The fraction of sp³-hybridized carbons (Fsp3) is 0.273. The second-order valence-corrected chi connectivity index (χ2v) is 6.71. The van der Waals surface area contributed by atoms with E-state index in [0.717, 1.165) is 16.8 Å². The second-order valence-electron chi connectivity index (χ2n) is 6.71. The lowest BCUT2D eigenvalue weighted by molar-refractivity contribution is -0.130. The maximum atomic E-state index is 12.8. The summed E-state index contributed by atoms with van der Waals surface area (Å²) in [5.74, 6) is -0.205. The molecule has 0 fully saturated rings. The lowest BCUT2D eigenvalue weighted by atomic mass is 9.93. The molecule has 2 amide bonds. The Morgan fingerprint density at radius 1 is 1.11 bits per heavy atom. The molecule has 0 bridgehead atoms. The summed E-state index contributed by atoms with van der Waals surface area (Å²) in [5.41, 5.74) is 7.11. The molecule has 0 unspecified atom stereocenters. The number of hydrogen-bond donors (Lipinski definition) is 1. The summed E-state index contributed by atoms with van der Waals surface area (Å²) < 4.78 is 0. The minimum absolute atomic E-state index is 0.0792. The van der Waals surface area contributed by atoms with Gasteiger partial charge in [-0.05, 0) is 43.2 Å². The van der Waals surface area contributed by atoms with E-state index in [4.69, 9.17) is 0 Å². The monoisotopic (exact) mass is 363 g/mol. The Morgan fingerprint density at radius 3 is 2.48 bits per heavy atom. The molecule has 5 nitrogen and oxygen atoms in total. The highest BCUT2D eigenvalue weighted by molar-refractivity contribution is 5.82. The van der Waals surface area contributed by atoms with Gasteiger partial charge in [0.2, 0.25) is 11.8 Å². The van der Waals surface area contributed by atoms with Crippen molar-refractivity contribution in [2.75, 3.05) is 11.6 Å². The van der Waals surface area contributed by atoms with Crippen molar-refractivity contribution in [3.05, 3.63) is 71.4 Å². The average Bonchev–Trinajstić information content (AvgIpc) is 2.67. The van der Waals surface area contributed by atoms with Crippen LogP contribution in [0.5, 0.6) is 0 Å². The Balaban J connectivity index is 1.77. The number of nitrogens with one attached hydrogen (secondary N) is 1. The summed E-state index contributed by atoms with van der Waals surface area (Å²) in [6.45, 7) is 6.18. The van der Waals surface area contributed by atoms with Gasteiger partial charge < -0.3 is 4.90 Å². The smallest absolute Gasteiger partial charge is 0.240 e. The van der Waals surface area contributed by atoms with Crippen LogP contribution in [0.3, 0.4) is 0 Å². The fourth-order valence-electron chi connectivity index (χ4n) is 3.34. The molecule has 0 spiro atoms. The number of amides is 2. The molecular formula is C22H25N3O2. The number of hydrogen-bond acceptors (Lipinski definition) is 3. The molecule has 0 aromatic heterocycles. The van der Waals surface area contributed by atoms with Crippen LogP contribution in [0.25, 0.3) is 6.08 Å². The largest absolute Gasteiger partial charge is 0.311 e. The van der Waals surface area contributed by atoms with Crippen LogP contribution in [0.15, 0.2) is 54.7 Å². The standard InChI is InChI=1S/C22H25N3O2/c1-4-25(19-11-9-16(2)10-12-19)23-22(27)15-21-20-8-6-5-7-18(20)13-14-24(21)17(3)26/h5-14,21H,4,15H2,1-3H3,(H,23,27)/t21-/m1/s1. The van der Waals surface area contributed by atoms with E-state index in [2.05, 4.69) is 5.43 Å². The molecule has 2 aromatic carbocycles. The summed E-state index contributed by atoms with van der Waals surface area (Å²) in [6, 6.07) is 15.6. The summed E-state index contributed by atoms with van der Waals surface area (Å²) in [7, 11) is 0. The number of carbonyl (C=O) groups excluding carboxylic acids is 2. The lowest BCUT2D eigenvalue weighted by Crippen LogP contribution is -2.44. The first kappa shape index (κ1) is 18.7. The van der Waals surface area contributed by atoms with Gasteiger partial charge in [0.15, 0.2) is 0 Å². The number of nitrogens with zero attached hydrogens (tertiary/aromatic N) is 2. The van der Waals surface area contributed by atoms with Crippen molar-refractivity contribution in [2.24, 2.45) is 0 Å². The molecule has 1 heterocycles. The van der Waals surface area contributed by atoms with E-state index >= 15 is 0 Å². The number of hydrazine groups is 1. The van der Waals surface area contributed by atoms with Gasteiger partial charge in [-0.1, -0.05) is 42.0 Å². The highest BCUT2D eigenvalue weighted by atomic mass is 16.2. The maximum Gasteiger partial charge on any atom is 0.240 e. The first-order valence-electron chi connectivity index (χ1n) is 9.19.